The Balaban J connectivity index is 1.41. The largest absolute Gasteiger partial charge is 0.487 e. The van der Waals surface area contributed by atoms with E-state index < -0.39 is 6.10 Å². The molecule has 6 nitrogen and oxygen atoms in total. The lowest BCUT2D eigenvalue weighted by Crippen LogP contribution is -2.51. The van der Waals surface area contributed by atoms with E-state index >= 15 is 0 Å². The van der Waals surface area contributed by atoms with Crippen molar-refractivity contribution in [1.29, 1.82) is 0 Å². The second-order valence-corrected chi connectivity index (χ2v) is 6.71. The van der Waals surface area contributed by atoms with E-state index in [1.807, 2.05) is 42.5 Å². The molecular formula is C21H21N3O3. The molecule has 1 fully saturated rings. The van der Waals surface area contributed by atoms with Crippen molar-refractivity contribution < 1.29 is 14.6 Å². The highest BCUT2D eigenvalue weighted by molar-refractivity contribution is 5.84. The van der Waals surface area contributed by atoms with Crippen LogP contribution in [0, 0.1) is 0 Å². The van der Waals surface area contributed by atoms with Gasteiger partial charge in [-0.3, -0.25) is 14.8 Å². The van der Waals surface area contributed by atoms with Gasteiger partial charge in [0.1, 0.15) is 18.0 Å². The third-order valence-corrected chi connectivity index (χ3v) is 4.86. The monoisotopic (exact) mass is 363 g/mol. The van der Waals surface area contributed by atoms with Crippen LogP contribution >= 0.6 is 0 Å². The van der Waals surface area contributed by atoms with Crippen LogP contribution in [-0.4, -0.2) is 51.2 Å². The van der Waals surface area contributed by atoms with E-state index in [2.05, 4.69) is 9.97 Å². The molecule has 2 atom stereocenters. The molecule has 27 heavy (non-hydrogen) atoms. The molecule has 138 valence electrons. The van der Waals surface area contributed by atoms with E-state index in [9.17, 15) is 9.90 Å². The molecule has 3 heterocycles. The third kappa shape index (κ3) is 3.90. The molecule has 3 aromatic rings. The van der Waals surface area contributed by atoms with Crippen LogP contribution in [-0.2, 0) is 11.2 Å². The summed E-state index contributed by atoms with van der Waals surface area (Å²) >= 11 is 0. The summed E-state index contributed by atoms with van der Waals surface area (Å²) in [6.07, 6.45) is 4.92. The molecule has 1 aliphatic rings. The number of piperidine rings is 1. The van der Waals surface area contributed by atoms with Crippen molar-refractivity contribution in [2.45, 2.75) is 25.0 Å². The maximum absolute atomic E-state index is 12.5. The number of aliphatic hydroxyl groups is 1. The number of benzene rings is 1. The van der Waals surface area contributed by atoms with E-state index in [0.717, 1.165) is 16.5 Å². The number of carbonyl (C=O) groups excluding carboxylic acids is 1. The summed E-state index contributed by atoms with van der Waals surface area (Å²) in [4.78, 5) is 22.5. The van der Waals surface area contributed by atoms with Crippen LogP contribution in [0.5, 0.6) is 5.75 Å². The standard InChI is InChI=1S/C21H21N3O3/c25-18-14-24(21(26)13-15-6-10-22-11-7-15)12-8-20(18)27-19-5-1-4-17-16(19)3-2-9-23-17/h1-7,9-11,18,20,25H,8,12-14H2/t18-,20-/m1/s1. The first-order valence-electron chi connectivity index (χ1n) is 9.06. The predicted molar refractivity (Wildman–Crippen MR) is 101 cm³/mol. The summed E-state index contributed by atoms with van der Waals surface area (Å²) in [5.74, 6) is 0.717. The van der Waals surface area contributed by atoms with E-state index in [0.29, 0.717) is 25.1 Å². The van der Waals surface area contributed by atoms with Crippen molar-refractivity contribution >= 4 is 16.8 Å². The van der Waals surface area contributed by atoms with Crippen molar-refractivity contribution in [1.82, 2.24) is 14.9 Å². The molecular weight excluding hydrogens is 342 g/mol. The van der Waals surface area contributed by atoms with Gasteiger partial charge < -0.3 is 14.7 Å². The number of hydrogen-bond acceptors (Lipinski definition) is 5. The van der Waals surface area contributed by atoms with E-state index in [4.69, 9.17) is 4.74 Å². The smallest absolute Gasteiger partial charge is 0.227 e. The Labute approximate surface area is 157 Å². The number of nitrogens with zero attached hydrogens (tertiary/aromatic N) is 3. The molecule has 0 aliphatic carbocycles. The Morgan fingerprint density at radius 2 is 2.00 bits per heavy atom. The SMILES string of the molecule is O=C(Cc1ccncc1)N1CC[C@@H](Oc2cccc3ncccc23)[C@H](O)C1. The summed E-state index contributed by atoms with van der Waals surface area (Å²) in [5.41, 5.74) is 1.78. The average molecular weight is 363 g/mol. The molecule has 4 rings (SSSR count). The number of aliphatic hydroxyl groups excluding tert-OH is 1. The second kappa shape index (κ2) is 7.72. The Morgan fingerprint density at radius 1 is 1.15 bits per heavy atom. The summed E-state index contributed by atoms with van der Waals surface area (Å²) in [6, 6.07) is 13.2. The quantitative estimate of drug-likeness (QED) is 0.769. The minimum atomic E-state index is -0.730. The van der Waals surface area contributed by atoms with Gasteiger partial charge in [-0.25, -0.2) is 0 Å². The summed E-state index contributed by atoms with van der Waals surface area (Å²) in [5, 5.41) is 11.5. The van der Waals surface area contributed by atoms with Gasteiger partial charge in [0.2, 0.25) is 5.91 Å². The molecule has 2 aromatic heterocycles. The highest BCUT2D eigenvalue weighted by Crippen LogP contribution is 2.27. The number of likely N-dealkylation sites (tertiary alicyclic amines) is 1. The number of aromatic nitrogens is 2. The summed E-state index contributed by atoms with van der Waals surface area (Å²) in [6.45, 7) is 0.840. The van der Waals surface area contributed by atoms with E-state index in [1.165, 1.54) is 0 Å². The summed E-state index contributed by atoms with van der Waals surface area (Å²) < 4.78 is 6.09. The van der Waals surface area contributed by atoms with Gasteiger partial charge in [-0.15, -0.1) is 0 Å². The Hall–Kier alpha value is -2.99. The molecule has 0 bridgehead atoms. The topological polar surface area (TPSA) is 75.6 Å². The van der Waals surface area contributed by atoms with Crippen LogP contribution < -0.4 is 4.74 Å². The number of pyridine rings is 2. The van der Waals surface area contributed by atoms with Gasteiger partial charge >= 0.3 is 0 Å². The number of hydrogen-bond donors (Lipinski definition) is 1. The Kier molecular flexibility index (Phi) is 4.98. The lowest BCUT2D eigenvalue weighted by atomic mass is 10.0. The minimum absolute atomic E-state index is 0.00746. The van der Waals surface area contributed by atoms with Crippen molar-refractivity contribution in [3.05, 3.63) is 66.6 Å². The van der Waals surface area contributed by atoms with Crippen LogP contribution in [0.1, 0.15) is 12.0 Å². The van der Waals surface area contributed by atoms with Gasteiger partial charge in [-0.2, -0.15) is 0 Å². The van der Waals surface area contributed by atoms with Crippen molar-refractivity contribution in [3.63, 3.8) is 0 Å². The number of rotatable bonds is 4. The fourth-order valence-electron chi connectivity index (χ4n) is 3.40. The maximum atomic E-state index is 12.5. The van der Waals surface area contributed by atoms with E-state index in [-0.39, 0.29) is 18.6 Å². The minimum Gasteiger partial charge on any atom is -0.487 e. The molecule has 6 heteroatoms. The molecule has 1 aromatic carbocycles. The number of amides is 1. The first kappa shape index (κ1) is 17.4. The fraction of sp³-hybridized carbons (Fsp3) is 0.286. The van der Waals surface area contributed by atoms with Gasteiger partial charge in [0, 0.05) is 36.9 Å². The lowest BCUT2D eigenvalue weighted by molar-refractivity contribution is -0.136. The zero-order chi connectivity index (χ0) is 18.6. The van der Waals surface area contributed by atoms with Gasteiger partial charge in [0.05, 0.1) is 18.5 Å². The van der Waals surface area contributed by atoms with Crippen molar-refractivity contribution in [2.75, 3.05) is 13.1 Å². The zero-order valence-corrected chi connectivity index (χ0v) is 14.9. The molecule has 0 radical (unpaired) electrons. The lowest BCUT2D eigenvalue weighted by Gasteiger charge is -2.36. The molecule has 1 N–H and O–H groups in total. The molecule has 0 unspecified atom stereocenters. The Bertz CT molecular complexity index is 927. The molecule has 0 spiro atoms. The second-order valence-electron chi connectivity index (χ2n) is 6.71. The number of ether oxygens (including phenoxy) is 1. The molecule has 1 aliphatic heterocycles. The maximum Gasteiger partial charge on any atom is 0.227 e. The molecule has 1 saturated heterocycles. The van der Waals surface area contributed by atoms with Crippen LogP contribution in [0.4, 0.5) is 0 Å². The van der Waals surface area contributed by atoms with Crippen molar-refractivity contribution in [3.8, 4) is 5.75 Å². The van der Waals surface area contributed by atoms with Gasteiger partial charge in [0.15, 0.2) is 0 Å². The predicted octanol–water partition coefficient (Wildman–Crippen LogP) is 2.21. The number of carbonyl (C=O) groups is 1. The zero-order valence-electron chi connectivity index (χ0n) is 14.9. The van der Waals surface area contributed by atoms with Crippen LogP contribution in [0.2, 0.25) is 0 Å². The normalized spacial score (nSPS) is 19.8. The van der Waals surface area contributed by atoms with Gasteiger partial charge in [-0.1, -0.05) is 6.07 Å². The Morgan fingerprint density at radius 3 is 2.81 bits per heavy atom. The van der Waals surface area contributed by atoms with Crippen LogP contribution in [0.25, 0.3) is 10.9 Å². The highest BCUT2D eigenvalue weighted by Gasteiger charge is 2.31. The molecule has 1 amide bonds. The summed E-state index contributed by atoms with van der Waals surface area (Å²) in [7, 11) is 0. The van der Waals surface area contributed by atoms with E-state index in [1.54, 1.807) is 23.5 Å². The molecule has 0 saturated carbocycles. The highest BCUT2D eigenvalue weighted by atomic mass is 16.5. The van der Waals surface area contributed by atoms with Crippen molar-refractivity contribution in [2.24, 2.45) is 0 Å². The third-order valence-electron chi connectivity index (χ3n) is 4.86. The fourth-order valence-corrected chi connectivity index (χ4v) is 3.40. The van der Waals surface area contributed by atoms with Gasteiger partial charge in [-0.05, 0) is 42.0 Å². The van der Waals surface area contributed by atoms with Gasteiger partial charge in [0.25, 0.3) is 0 Å². The number of fused-ring (bicyclic) bond motifs is 1. The average Bonchev–Trinajstić information content (AvgIpc) is 2.70. The first-order chi connectivity index (χ1) is 13.2. The first-order valence-corrected chi connectivity index (χ1v) is 9.06. The number of β-amino-alcohol motifs (C(OH)–C–C–N with tert-alkyl or cyclic N) is 1. The van der Waals surface area contributed by atoms with Crippen LogP contribution in [0.15, 0.2) is 61.1 Å². The van der Waals surface area contributed by atoms with Crippen LogP contribution in [0.3, 0.4) is 0 Å².